The lowest BCUT2D eigenvalue weighted by Crippen LogP contribution is -2.51. The van der Waals surface area contributed by atoms with E-state index in [1.165, 1.54) is 6.92 Å². The molecule has 160 valence electrons. The van der Waals surface area contributed by atoms with Crippen LogP contribution in [0.3, 0.4) is 0 Å². The van der Waals surface area contributed by atoms with Crippen LogP contribution in [0.25, 0.3) is 0 Å². The Morgan fingerprint density at radius 2 is 1.63 bits per heavy atom. The molecule has 0 saturated carbocycles. The molecule has 0 radical (unpaired) electrons. The maximum atomic E-state index is 13.1. The zero-order chi connectivity index (χ0) is 21.5. The number of amides is 1. The summed E-state index contributed by atoms with van der Waals surface area (Å²) in [4.78, 5) is 28.8. The zero-order valence-corrected chi connectivity index (χ0v) is 18.5. The molecule has 0 bridgehead atoms. The molecule has 2 aromatic rings. The lowest BCUT2D eigenvalue weighted by atomic mass is 10.0. The summed E-state index contributed by atoms with van der Waals surface area (Å²) < 4.78 is 5.77. The van der Waals surface area contributed by atoms with Crippen LogP contribution in [0.1, 0.15) is 18.9 Å². The van der Waals surface area contributed by atoms with Gasteiger partial charge in [0.15, 0.2) is 0 Å². The number of rotatable bonds is 8. The molecule has 7 heteroatoms. The number of anilines is 1. The molecule has 1 saturated heterocycles. The lowest BCUT2D eigenvalue weighted by Gasteiger charge is -2.37. The first-order chi connectivity index (χ1) is 14.4. The Hall–Kier alpha value is -2.08. The molecule has 1 fully saturated rings. The fourth-order valence-corrected chi connectivity index (χ4v) is 4.14. The molecule has 1 atom stereocenters. The Bertz CT molecular complexity index is 848. The predicted octanol–water partition coefficient (Wildman–Crippen LogP) is 4.45. The standard InChI is InChI=1S/C23H26Cl2N2O3/c1-17(28)11-19(16-30-15-18-5-3-2-4-6-18)23(29)27-9-7-26(8-10-27)22-13-20(24)12-21(25)14-22/h2-6,12-14,19H,7-11,15-16H2,1H3. The normalized spacial score (nSPS) is 15.2. The molecule has 0 N–H and O–H groups in total. The highest BCUT2D eigenvalue weighted by Crippen LogP contribution is 2.26. The number of carbonyl (C=O) groups is 2. The van der Waals surface area contributed by atoms with Gasteiger partial charge in [0.2, 0.25) is 5.91 Å². The van der Waals surface area contributed by atoms with Gasteiger partial charge < -0.3 is 19.3 Å². The third-order valence-corrected chi connectivity index (χ3v) is 5.55. The second-order valence-electron chi connectivity index (χ2n) is 7.54. The highest BCUT2D eigenvalue weighted by Gasteiger charge is 2.29. The van der Waals surface area contributed by atoms with Crippen molar-refractivity contribution < 1.29 is 14.3 Å². The minimum Gasteiger partial charge on any atom is -0.376 e. The van der Waals surface area contributed by atoms with Gasteiger partial charge in [-0.05, 0) is 30.7 Å². The van der Waals surface area contributed by atoms with Gasteiger partial charge in [-0.15, -0.1) is 0 Å². The van der Waals surface area contributed by atoms with E-state index in [0.29, 0.717) is 42.8 Å². The molecule has 0 aromatic heterocycles. The van der Waals surface area contributed by atoms with E-state index in [0.717, 1.165) is 11.3 Å². The van der Waals surface area contributed by atoms with E-state index in [4.69, 9.17) is 27.9 Å². The molecule has 1 amide bonds. The minimum absolute atomic E-state index is 0.0103. The third-order valence-electron chi connectivity index (χ3n) is 5.12. The average Bonchev–Trinajstić information content (AvgIpc) is 2.72. The minimum atomic E-state index is -0.460. The number of hydrogen-bond acceptors (Lipinski definition) is 4. The van der Waals surface area contributed by atoms with Crippen LogP contribution in [0.15, 0.2) is 48.5 Å². The van der Waals surface area contributed by atoms with Crippen molar-refractivity contribution in [3.05, 3.63) is 64.1 Å². The van der Waals surface area contributed by atoms with Gasteiger partial charge in [-0.2, -0.15) is 0 Å². The highest BCUT2D eigenvalue weighted by atomic mass is 35.5. The molecule has 2 aromatic carbocycles. The first kappa shape index (κ1) is 22.6. The van der Waals surface area contributed by atoms with Gasteiger partial charge in [-0.1, -0.05) is 53.5 Å². The summed E-state index contributed by atoms with van der Waals surface area (Å²) in [5.74, 6) is -0.496. The van der Waals surface area contributed by atoms with Gasteiger partial charge in [0.1, 0.15) is 5.78 Å². The fraction of sp³-hybridized carbons (Fsp3) is 0.391. The third kappa shape index (κ3) is 6.46. The molecular formula is C23H26Cl2N2O3. The summed E-state index contributed by atoms with van der Waals surface area (Å²) in [6.45, 7) is 4.69. The van der Waals surface area contributed by atoms with Gasteiger partial charge in [0, 0.05) is 48.3 Å². The average molecular weight is 449 g/mol. The number of nitrogens with zero attached hydrogens (tertiary/aromatic N) is 2. The topological polar surface area (TPSA) is 49.9 Å². The number of piperazine rings is 1. The van der Waals surface area contributed by atoms with Crippen LogP contribution in [0.5, 0.6) is 0 Å². The molecule has 1 unspecified atom stereocenters. The van der Waals surface area contributed by atoms with Crippen LogP contribution in [0.2, 0.25) is 10.0 Å². The zero-order valence-electron chi connectivity index (χ0n) is 17.0. The SMILES string of the molecule is CC(=O)CC(COCc1ccccc1)C(=O)N1CCN(c2cc(Cl)cc(Cl)c2)CC1. The van der Waals surface area contributed by atoms with Gasteiger partial charge in [-0.25, -0.2) is 0 Å². The Kier molecular flexibility index (Phi) is 8.14. The second kappa shape index (κ2) is 10.8. The van der Waals surface area contributed by atoms with E-state index in [1.54, 1.807) is 6.07 Å². The van der Waals surface area contributed by atoms with Crippen LogP contribution in [0, 0.1) is 5.92 Å². The molecule has 1 heterocycles. The van der Waals surface area contributed by atoms with Gasteiger partial charge in [0.05, 0.1) is 19.1 Å². The van der Waals surface area contributed by atoms with Crippen molar-refractivity contribution >= 4 is 40.6 Å². The monoisotopic (exact) mass is 448 g/mol. The van der Waals surface area contributed by atoms with Crippen LogP contribution in [-0.2, 0) is 20.9 Å². The maximum absolute atomic E-state index is 13.1. The summed E-state index contributed by atoms with van der Waals surface area (Å²) in [5.41, 5.74) is 1.99. The Labute approximate surface area is 187 Å². The van der Waals surface area contributed by atoms with Crippen molar-refractivity contribution in [2.45, 2.75) is 20.0 Å². The van der Waals surface area contributed by atoms with Crippen molar-refractivity contribution in [3.8, 4) is 0 Å². The van der Waals surface area contributed by atoms with E-state index in [2.05, 4.69) is 4.90 Å². The number of Topliss-reactive ketones (excluding diaryl/α,β-unsaturated/α-hetero) is 1. The number of hydrogen-bond donors (Lipinski definition) is 0. The van der Waals surface area contributed by atoms with Crippen LogP contribution >= 0.6 is 23.2 Å². The first-order valence-electron chi connectivity index (χ1n) is 10.0. The molecular weight excluding hydrogens is 423 g/mol. The number of halogens is 2. The van der Waals surface area contributed by atoms with E-state index < -0.39 is 5.92 Å². The van der Waals surface area contributed by atoms with Gasteiger partial charge in [0.25, 0.3) is 0 Å². The molecule has 3 rings (SSSR count). The number of benzene rings is 2. The van der Waals surface area contributed by atoms with E-state index in [9.17, 15) is 9.59 Å². The predicted molar refractivity (Wildman–Crippen MR) is 120 cm³/mol. The number of ketones is 1. The van der Waals surface area contributed by atoms with E-state index >= 15 is 0 Å². The van der Waals surface area contributed by atoms with Crippen molar-refractivity contribution in [1.29, 1.82) is 0 Å². The molecule has 5 nitrogen and oxygen atoms in total. The summed E-state index contributed by atoms with van der Waals surface area (Å²) in [5, 5.41) is 1.18. The Morgan fingerprint density at radius 3 is 2.23 bits per heavy atom. The fourth-order valence-electron chi connectivity index (χ4n) is 3.62. The van der Waals surface area contributed by atoms with Crippen molar-refractivity contribution in [1.82, 2.24) is 4.90 Å². The Balaban J connectivity index is 1.56. The van der Waals surface area contributed by atoms with Crippen molar-refractivity contribution in [2.75, 3.05) is 37.7 Å². The van der Waals surface area contributed by atoms with Crippen molar-refractivity contribution in [3.63, 3.8) is 0 Å². The highest BCUT2D eigenvalue weighted by molar-refractivity contribution is 6.35. The molecule has 0 aliphatic carbocycles. The van der Waals surface area contributed by atoms with Crippen molar-refractivity contribution in [2.24, 2.45) is 5.92 Å². The van der Waals surface area contributed by atoms with E-state index in [-0.39, 0.29) is 24.7 Å². The van der Waals surface area contributed by atoms with Gasteiger partial charge in [-0.3, -0.25) is 4.79 Å². The van der Waals surface area contributed by atoms with Crippen LogP contribution < -0.4 is 4.90 Å². The largest absolute Gasteiger partial charge is 0.376 e. The molecule has 1 aliphatic heterocycles. The van der Waals surface area contributed by atoms with Crippen LogP contribution in [0.4, 0.5) is 5.69 Å². The molecule has 1 aliphatic rings. The summed E-state index contributed by atoms with van der Waals surface area (Å²) in [6.07, 6.45) is 0.192. The van der Waals surface area contributed by atoms with Crippen LogP contribution in [-0.4, -0.2) is 49.4 Å². The summed E-state index contributed by atoms with van der Waals surface area (Å²) >= 11 is 12.2. The lowest BCUT2D eigenvalue weighted by molar-refractivity contribution is -0.140. The van der Waals surface area contributed by atoms with E-state index in [1.807, 2.05) is 47.4 Å². The molecule has 30 heavy (non-hydrogen) atoms. The Morgan fingerprint density at radius 1 is 1.00 bits per heavy atom. The second-order valence-corrected chi connectivity index (χ2v) is 8.42. The quantitative estimate of drug-likeness (QED) is 0.598. The smallest absolute Gasteiger partial charge is 0.228 e. The molecule has 0 spiro atoms. The summed E-state index contributed by atoms with van der Waals surface area (Å²) in [6, 6.07) is 15.2. The van der Waals surface area contributed by atoms with Gasteiger partial charge >= 0.3 is 0 Å². The number of carbonyl (C=O) groups excluding carboxylic acids is 2. The summed E-state index contributed by atoms with van der Waals surface area (Å²) in [7, 11) is 0. The first-order valence-corrected chi connectivity index (χ1v) is 10.8. The maximum Gasteiger partial charge on any atom is 0.228 e. The number of ether oxygens (including phenoxy) is 1.